The molecule has 43 heavy (non-hydrogen) atoms. The summed E-state index contributed by atoms with van der Waals surface area (Å²) in [5.74, 6) is 0.881. The molecule has 0 radical (unpaired) electrons. The number of rotatable bonds is 10. The van der Waals surface area contributed by atoms with Gasteiger partial charge in [0.1, 0.15) is 23.9 Å². The van der Waals surface area contributed by atoms with Crippen LogP contribution in [0.3, 0.4) is 0 Å². The molecule has 1 aliphatic rings. The molecule has 2 aromatic carbocycles. The normalized spacial score (nSPS) is 13.6. The minimum absolute atomic E-state index is 0.0632. The molecule has 0 bridgehead atoms. The molecular formula is C32H32F3N5O3. The molecule has 0 spiro atoms. The maximum absolute atomic E-state index is 13.5. The standard InChI is InChI=1S/C32H32F3N5O3/c1-3-29-36-14-12-25(38-29)24-7-6-13-37-31(24)43-28-19-22(9-8-21(28)2)30(41)39-26-20-23(32(33,34)35)10-11-27(26)42-18-17-40-15-4-5-16-40/h6-14,19-20H,3-5,15-18H2,1-2H3,(H,39,41). The molecule has 5 rings (SSSR count). The van der Waals surface area contributed by atoms with Crippen molar-refractivity contribution in [3.63, 3.8) is 0 Å². The van der Waals surface area contributed by atoms with Gasteiger partial charge in [0.15, 0.2) is 0 Å². The molecule has 1 N–H and O–H groups in total. The number of halogens is 3. The van der Waals surface area contributed by atoms with Crippen molar-refractivity contribution in [2.45, 2.75) is 39.3 Å². The zero-order valence-corrected chi connectivity index (χ0v) is 23.9. The van der Waals surface area contributed by atoms with Crippen LogP contribution in [-0.2, 0) is 12.6 Å². The maximum Gasteiger partial charge on any atom is 0.416 e. The number of aromatic nitrogens is 3. The lowest BCUT2D eigenvalue weighted by atomic mass is 10.1. The second-order valence-corrected chi connectivity index (χ2v) is 10.2. The van der Waals surface area contributed by atoms with E-state index in [9.17, 15) is 18.0 Å². The lowest BCUT2D eigenvalue weighted by Crippen LogP contribution is -2.25. The highest BCUT2D eigenvalue weighted by Gasteiger charge is 2.31. The molecule has 2 aromatic heterocycles. The number of amides is 1. The van der Waals surface area contributed by atoms with Crippen LogP contribution in [0.1, 0.15) is 47.1 Å². The Balaban J connectivity index is 1.38. The Morgan fingerprint density at radius 3 is 2.58 bits per heavy atom. The topological polar surface area (TPSA) is 89.5 Å². The van der Waals surface area contributed by atoms with Gasteiger partial charge in [-0.2, -0.15) is 13.2 Å². The molecule has 0 saturated carbocycles. The SMILES string of the molecule is CCc1nccc(-c2cccnc2Oc2cc(C(=O)Nc3cc(C(F)(F)F)ccc3OCCN3CCCC3)ccc2C)n1. The van der Waals surface area contributed by atoms with Crippen molar-refractivity contribution in [2.75, 3.05) is 31.6 Å². The Labute approximate surface area is 247 Å². The number of benzene rings is 2. The molecule has 4 aromatic rings. The summed E-state index contributed by atoms with van der Waals surface area (Å²) in [6.07, 6.45) is 1.58. The molecule has 1 saturated heterocycles. The van der Waals surface area contributed by atoms with Crippen molar-refractivity contribution in [3.05, 3.63) is 89.5 Å². The van der Waals surface area contributed by atoms with Crippen LogP contribution in [0.15, 0.2) is 67.0 Å². The first kappa shape index (κ1) is 30.0. The van der Waals surface area contributed by atoms with E-state index >= 15 is 0 Å². The van der Waals surface area contributed by atoms with E-state index in [2.05, 4.69) is 25.2 Å². The van der Waals surface area contributed by atoms with E-state index < -0.39 is 17.6 Å². The van der Waals surface area contributed by atoms with Gasteiger partial charge in [-0.25, -0.2) is 15.0 Å². The van der Waals surface area contributed by atoms with Crippen LogP contribution in [-0.4, -0.2) is 52.0 Å². The molecular weight excluding hydrogens is 559 g/mol. The van der Waals surface area contributed by atoms with Crippen LogP contribution in [0.25, 0.3) is 11.3 Å². The molecule has 1 fully saturated rings. The number of anilines is 1. The van der Waals surface area contributed by atoms with Crippen LogP contribution in [0.4, 0.5) is 18.9 Å². The summed E-state index contributed by atoms with van der Waals surface area (Å²) in [4.78, 5) is 28.8. The summed E-state index contributed by atoms with van der Waals surface area (Å²) in [7, 11) is 0. The molecule has 0 aliphatic carbocycles. The number of likely N-dealkylation sites (tertiary alicyclic amines) is 1. The number of pyridine rings is 1. The van der Waals surface area contributed by atoms with Crippen molar-refractivity contribution in [2.24, 2.45) is 0 Å². The van der Waals surface area contributed by atoms with E-state index in [1.54, 1.807) is 36.7 Å². The lowest BCUT2D eigenvalue weighted by Gasteiger charge is -2.18. The van der Waals surface area contributed by atoms with Crippen molar-refractivity contribution in [1.82, 2.24) is 19.9 Å². The average molecular weight is 592 g/mol. The van der Waals surface area contributed by atoms with Crippen LogP contribution < -0.4 is 14.8 Å². The predicted octanol–water partition coefficient (Wildman–Crippen LogP) is 6.95. The smallest absolute Gasteiger partial charge is 0.416 e. The van der Waals surface area contributed by atoms with E-state index in [-0.39, 0.29) is 29.5 Å². The second kappa shape index (κ2) is 13.2. The fourth-order valence-electron chi connectivity index (χ4n) is 4.76. The molecule has 1 amide bonds. The number of alkyl halides is 3. The molecule has 8 nitrogen and oxygen atoms in total. The third kappa shape index (κ3) is 7.47. The molecule has 11 heteroatoms. The predicted molar refractivity (Wildman–Crippen MR) is 156 cm³/mol. The summed E-state index contributed by atoms with van der Waals surface area (Å²) in [5, 5.41) is 2.61. The van der Waals surface area contributed by atoms with Gasteiger partial charge in [0, 0.05) is 30.9 Å². The number of nitrogens with one attached hydrogen (secondary N) is 1. The zero-order valence-electron chi connectivity index (χ0n) is 23.9. The number of aryl methyl sites for hydroxylation is 2. The fraction of sp³-hybridized carbons (Fsp3) is 0.312. The third-order valence-electron chi connectivity index (χ3n) is 7.14. The van der Waals surface area contributed by atoms with E-state index in [4.69, 9.17) is 9.47 Å². The quantitative estimate of drug-likeness (QED) is 0.214. The highest BCUT2D eigenvalue weighted by molar-refractivity contribution is 6.05. The molecule has 1 aliphatic heterocycles. The highest BCUT2D eigenvalue weighted by atomic mass is 19.4. The second-order valence-electron chi connectivity index (χ2n) is 10.2. The van der Waals surface area contributed by atoms with Gasteiger partial charge in [-0.3, -0.25) is 9.69 Å². The largest absolute Gasteiger partial charge is 0.490 e. The minimum Gasteiger partial charge on any atom is -0.490 e. The number of carbonyl (C=O) groups is 1. The summed E-state index contributed by atoms with van der Waals surface area (Å²) in [6.45, 7) is 6.65. The molecule has 0 atom stereocenters. The van der Waals surface area contributed by atoms with Gasteiger partial charge >= 0.3 is 6.18 Å². The van der Waals surface area contributed by atoms with Crippen molar-refractivity contribution in [1.29, 1.82) is 0 Å². The van der Waals surface area contributed by atoms with Crippen molar-refractivity contribution in [3.8, 4) is 28.6 Å². The third-order valence-corrected chi connectivity index (χ3v) is 7.14. The summed E-state index contributed by atoms with van der Waals surface area (Å²) >= 11 is 0. The van der Waals surface area contributed by atoms with E-state index in [1.807, 2.05) is 19.9 Å². The number of hydrogen-bond acceptors (Lipinski definition) is 7. The highest BCUT2D eigenvalue weighted by Crippen LogP contribution is 2.36. The monoisotopic (exact) mass is 591 g/mol. The fourth-order valence-corrected chi connectivity index (χ4v) is 4.76. The number of ether oxygens (including phenoxy) is 2. The Morgan fingerprint density at radius 1 is 1.00 bits per heavy atom. The number of carbonyl (C=O) groups excluding carboxylic acids is 1. The number of nitrogens with zero attached hydrogens (tertiary/aromatic N) is 4. The maximum atomic E-state index is 13.5. The van der Waals surface area contributed by atoms with Gasteiger partial charge in [0.2, 0.25) is 5.88 Å². The molecule has 0 unspecified atom stereocenters. The van der Waals surface area contributed by atoms with Gasteiger partial charge in [-0.05, 0) is 86.9 Å². The Morgan fingerprint density at radius 2 is 1.81 bits per heavy atom. The number of hydrogen-bond donors (Lipinski definition) is 1. The van der Waals surface area contributed by atoms with E-state index in [1.165, 1.54) is 12.1 Å². The lowest BCUT2D eigenvalue weighted by molar-refractivity contribution is -0.137. The molecule has 3 heterocycles. The van der Waals surface area contributed by atoms with E-state index in [0.29, 0.717) is 35.8 Å². The van der Waals surface area contributed by atoms with Gasteiger partial charge in [0.25, 0.3) is 5.91 Å². The van der Waals surface area contributed by atoms with Crippen LogP contribution in [0.2, 0.25) is 0 Å². The Hall–Kier alpha value is -4.51. The summed E-state index contributed by atoms with van der Waals surface area (Å²) in [6, 6.07) is 13.3. The van der Waals surface area contributed by atoms with E-state index in [0.717, 1.165) is 43.6 Å². The first-order valence-corrected chi connectivity index (χ1v) is 14.1. The van der Waals surface area contributed by atoms with Gasteiger partial charge in [0.05, 0.1) is 22.5 Å². The summed E-state index contributed by atoms with van der Waals surface area (Å²) in [5.41, 5.74) is 1.26. The minimum atomic E-state index is -4.58. The molecule has 224 valence electrons. The van der Waals surface area contributed by atoms with Crippen LogP contribution in [0.5, 0.6) is 17.4 Å². The first-order chi connectivity index (χ1) is 20.7. The summed E-state index contributed by atoms with van der Waals surface area (Å²) < 4.78 is 52.6. The Kier molecular flexibility index (Phi) is 9.20. The van der Waals surface area contributed by atoms with Crippen molar-refractivity contribution < 1.29 is 27.4 Å². The Bertz CT molecular complexity index is 1590. The van der Waals surface area contributed by atoms with Gasteiger partial charge in [-0.1, -0.05) is 13.0 Å². The van der Waals surface area contributed by atoms with Gasteiger partial charge < -0.3 is 14.8 Å². The zero-order chi connectivity index (χ0) is 30.4. The van der Waals surface area contributed by atoms with Crippen molar-refractivity contribution >= 4 is 11.6 Å². The van der Waals surface area contributed by atoms with Gasteiger partial charge in [-0.15, -0.1) is 0 Å². The average Bonchev–Trinajstić information content (AvgIpc) is 3.52. The van der Waals surface area contributed by atoms with Crippen LogP contribution >= 0.6 is 0 Å². The van der Waals surface area contributed by atoms with Crippen LogP contribution in [0, 0.1) is 6.92 Å². The first-order valence-electron chi connectivity index (χ1n) is 14.1.